The van der Waals surface area contributed by atoms with Gasteiger partial charge in [0.2, 0.25) is 0 Å². The Bertz CT molecular complexity index is 833. The molecule has 1 amide bonds. The maximum absolute atomic E-state index is 14.6. The van der Waals surface area contributed by atoms with Crippen LogP contribution in [0.4, 0.5) is 15.8 Å². The van der Waals surface area contributed by atoms with E-state index in [9.17, 15) is 14.3 Å². The lowest BCUT2D eigenvalue weighted by molar-refractivity contribution is -0.00539. The number of methoxy groups -OCH3 is 1. The summed E-state index contributed by atoms with van der Waals surface area (Å²) in [6.07, 6.45) is 0.0344. The van der Waals surface area contributed by atoms with Gasteiger partial charge >= 0.3 is 0 Å². The van der Waals surface area contributed by atoms with Crippen LogP contribution in [0.1, 0.15) is 24.2 Å². The number of hydrogen-bond donors (Lipinski definition) is 2. The number of anilines is 2. The first kappa shape index (κ1) is 19.0. The molecule has 0 saturated carbocycles. The third-order valence-electron chi connectivity index (χ3n) is 4.43. The number of para-hydroxylation sites is 1. The molecule has 27 heavy (non-hydrogen) atoms. The Morgan fingerprint density at radius 3 is 2.59 bits per heavy atom. The van der Waals surface area contributed by atoms with Gasteiger partial charge in [-0.15, -0.1) is 0 Å². The highest BCUT2D eigenvalue weighted by atomic mass is 19.1. The van der Waals surface area contributed by atoms with Gasteiger partial charge in [0, 0.05) is 18.8 Å². The summed E-state index contributed by atoms with van der Waals surface area (Å²) in [7, 11) is 1.40. The molecule has 1 aliphatic heterocycles. The number of phenols is 1. The summed E-state index contributed by atoms with van der Waals surface area (Å²) in [5.41, 5.74) is 0.826. The largest absolute Gasteiger partial charge is 0.504 e. The standard InChI is InChI=1S/C20H23FN2O4/c1-12-10-23(11-13(2)27-12)17-8-7-14(9-16(17)21)22-20(25)15-5-4-6-18(26-3)19(15)24/h4-9,12-13,24H,10-11H2,1-3H3,(H,22,25)/t12-,13-/m0/s1. The Balaban J connectivity index is 1.77. The quantitative estimate of drug-likeness (QED) is 0.858. The van der Waals surface area contributed by atoms with Crippen LogP contribution < -0.4 is 15.0 Å². The zero-order chi connectivity index (χ0) is 19.6. The number of rotatable bonds is 4. The van der Waals surface area contributed by atoms with Crippen LogP contribution in [0.25, 0.3) is 0 Å². The molecule has 1 aliphatic rings. The van der Waals surface area contributed by atoms with Gasteiger partial charge in [0.25, 0.3) is 5.91 Å². The van der Waals surface area contributed by atoms with Crippen molar-refractivity contribution in [2.24, 2.45) is 0 Å². The van der Waals surface area contributed by atoms with Crippen LogP contribution in [0.3, 0.4) is 0 Å². The molecule has 0 aliphatic carbocycles. The number of carbonyl (C=O) groups excluding carboxylic acids is 1. The van der Waals surface area contributed by atoms with Gasteiger partial charge in [-0.25, -0.2) is 4.39 Å². The third-order valence-corrected chi connectivity index (χ3v) is 4.43. The highest BCUT2D eigenvalue weighted by Crippen LogP contribution is 2.31. The van der Waals surface area contributed by atoms with Gasteiger partial charge in [0.1, 0.15) is 5.82 Å². The molecule has 1 fully saturated rings. The zero-order valence-electron chi connectivity index (χ0n) is 15.5. The molecule has 1 saturated heterocycles. The molecule has 3 rings (SSSR count). The second kappa shape index (κ2) is 7.84. The molecule has 2 aromatic rings. The van der Waals surface area contributed by atoms with E-state index in [-0.39, 0.29) is 29.3 Å². The van der Waals surface area contributed by atoms with E-state index >= 15 is 0 Å². The highest BCUT2D eigenvalue weighted by Gasteiger charge is 2.24. The molecule has 0 unspecified atom stereocenters. The molecule has 0 radical (unpaired) electrons. The van der Waals surface area contributed by atoms with Crippen molar-refractivity contribution in [3.05, 3.63) is 47.8 Å². The molecule has 0 aromatic heterocycles. The van der Waals surface area contributed by atoms with Crippen molar-refractivity contribution in [1.82, 2.24) is 0 Å². The predicted molar refractivity (Wildman–Crippen MR) is 101 cm³/mol. The van der Waals surface area contributed by atoms with E-state index in [2.05, 4.69) is 5.32 Å². The number of ether oxygens (including phenoxy) is 2. The topological polar surface area (TPSA) is 71.0 Å². The van der Waals surface area contributed by atoms with Crippen molar-refractivity contribution in [3.63, 3.8) is 0 Å². The molecule has 2 aromatic carbocycles. The molecule has 2 atom stereocenters. The predicted octanol–water partition coefficient (Wildman–Crippen LogP) is 3.41. The molecule has 2 N–H and O–H groups in total. The number of nitrogens with zero attached hydrogens (tertiary/aromatic N) is 1. The van der Waals surface area contributed by atoms with Crippen molar-refractivity contribution in [2.45, 2.75) is 26.1 Å². The fraction of sp³-hybridized carbons (Fsp3) is 0.350. The number of morpholine rings is 1. The van der Waals surface area contributed by atoms with Gasteiger partial charge in [-0.2, -0.15) is 0 Å². The number of carbonyl (C=O) groups is 1. The molecule has 1 heterocycles. The summed E-state index contributed by atoms with van der Waals surface area (Å²) >= 11 is 0. The van der Waals surface area contributed by atoms with E-state index < -0.39 is 11.7 Å². The molecule has 0 bridgehead atoms. The normalized spacial score (nSPS) is 19.6. The summed E-state index contributed by atoms with van der Waals surface area (Å²) in [6, 6.07) is 9.16. The van der Waals surface area contributed by atoms with E-state index in [4.69, 9.17) is 9.47 Å². The van der Waals surface area contributed by atoms with Crippen LogP contribution in [-0.4, -0.2) is 43.4 Å². The number of amides is 1. The smallest absolute Gasteiger partial charge is 0.259 e. The SMILES string of the molecule is COc1cccc(C(=O)Nc2ccc(N3C[C@H](C)O[C@@H](C)C3)c(F)c2)c1O. The number of hydrogen-bond acceptors (Lipinski definition) is 5. The zero-order valence-corrected chi connectivity index (χ0v) is 15.5. The molecule has 7 heteroatoms. The second-order valence-corrected chi connectivity index (χ2v) is 6.64. The average molecular weight is 374 g/mol. The first-order chi connectivity index (χ1) is 12.9. The number of aromatic hydroxyl groups is 1. The van der Waals surface area contributed by atoms with Crippen LogP contribution in [0.15, 0.2) is 36.4 Å². The second-order valence-electron chi connectivity index (χ2n) is 6.64. The summed E-state index contributed by atoms with van der Waals surface area (Å²) < 4.78 is 25.3. The minimum Gasteiger partial charge on any atom is -0.504 e. The monoisotopic (exact) mass is 374 g/mol. The Hall–Kier alpha value is -2.80. The van der Waals surface area contributed by atoms with E-state index in [1.807, 2.05) is 18.7 Å². The number of phenolic OH excluding ortho intramolecular Hbond substituents is 1. The van der Waals surface area contributed by atoms with E-state index in [1.54, 1.807) is 24.3 Å². The van der Waals surface area contributed by atoms with E-state index in [0.717, 1.165) is 0 Å². The van der Waals surface area contributed by atoms with E-state index in [0.29, 0.717) is 24.5 Å². The third kappa shape index (κ3) is 4.14. The molecular weight excluding hydrogens is 351 g/mol. The van der Waals surface area contributed by atoms with Crippen molar-refractivity contribution in [1.29, 1.82) is 0 Å². The van der Waals surface area contributed by atoms with Crippen LogP contribution >= 0.6 is 0 Å². The number of halogens is 1. The summed E-state index contributed by atoms with van der Waals surface area (Å²) in [6.45, 7) is 5.11. The fourth-order valence-corrected chi connectivity index (χ4v) is 3.28. The van der Waals surface area contributed by atoms with Gasteiger partial charge in [0.05, 0.1) is 30.6 Å². The minimum absolute atomic E-state index is 0.0172. The van der Waals surface area contributed by atoms with Gasteiger partial charge in [0.15, 0.2) is 11.5 Å². The van der Waals surface area contributed by atoms with E-state index in [1.165, 1.54) is 19.2 Å². The Morgan fingerprint density at radius 2 is 1.96 bits per heavy atom. The summed E-state index contributed by atoms with van der Waals surface area (Å²) in [5.74, 6) is -1.04. The van der Waals surface area contributed by atoms with Gasteiger partial charge < -0.3 is 24.8 Å². The maximum atomic E-state index is 14.6. The highest BCUT2D eigenvalue weighted by molar-refractivity contribution is 6.06. The molecule has 0 spiro atoms. The molecular formula is C20H23FN2O4. The van der Waals surface area contributed by atoms with Gasteiger partial charge in [-0.1, -0.05) is 6.07 Å². The van der Waals surface area contributed by atoms with Crippen LogP contribution in [0.2, 0.25) is 0 Å². The first-order valence-electron chi connectivity index (χ1n) is 8.76. The Labute approximate surface area is 157 Å². The summed E-state index contributed by atoms with van der Waals surface area (Å²) in [5, 5.41) is 12.7. The van der Waals surface area contributed by atoms with Crippen LogP contribution in [0, 0.1) is 5.82 Å². The fourth-order valence-electron chi connectivity index (χ4n) is 3.28. The molecule has 144 valence electrons. The van der Waals surface area contributed by atoms with Gasteiger partial charge in [-0.05, 0) is 44.2 Å². The number of benzene rings is 2. The minimum atomic E-state index is -0.549. The molecule has 6 nitrogen and oxygen atoms in total. The number of nitrogens with one attached hydrogen (secondary N) is 1. The van der Waals surface area contributed by atoms with Crippen molar-refractivity contribution >= 4 is 17.3 Å². The van der Waals surface area contributed by atoms with Crippen molar-refractivity contribution < 1.29 is 23.8 Å². The Kier molecular flexibility index (Phi) is 5.51. The summed E-state index contributed by atoms with van der Waals surface area (Å²) in [4.78, 5) is 14.3. The van der Waals surface area contributed by atoms with Crippen molar-refractivity contribution in [2.75, 3.05) is 30.4 Å². The van der Waals surface area contributed by atoms with Crippen LogP contribution in [0.5, 0.6) is 11.5 Å². The maximum Gasteiger partial charge on any atom is 0.259 e. The average Bonchev–Trinajstić information content (AvgIpc) is 2.61. The lowest BCUT2D eigenvalue weighted by atomic mass is 10.1. The van der Waals surface area contributed by atoms with Gasteiger partial charge in [-0.3, -0.25) is 4.79 Å². The lowest BCUT2D eigenvalue weighted by Crippen LogP contribution is -2.45. The van der Waals surface area contributed by atoms with Crippen LogP contribution in [-0.2, 0) is 4.74 Å². The Morgan fingerprint density at radius 1 is 1.26 bits per heavy atom. The van der Waals surface area contributed by atoms with Crippen molar-refractivity contribution in [3.8, 4) is 11.5 Å². The lowest BCUT2D eigenvalue weighted by Gasteiger charge is -2.37. The first-order valence-corrected chi connectivity index (χ1v) is 8.76.